The number of piperidine rings is 1. The van der Waals surface area contributed by atoms with Crippen LogP contribution in [0.4, 0.5) is 0 Å². The minimum absolute atomic E-state index is 0. The first kappa shape index (κ1) is 24.2. The van der Waals surface area contributed by atoms with Gasteiger partial charge in [0.1, 0.15) is 0 Å². The van der Waals surface area contributed by atoms with Crippen molar-refractivity contribution in [2.24, 2.45) is 5.73 Å². The van der Waals surface area contributed by atoms with Crippen LogP contribution in [0.25, 0.3) is 0 Å². The fourth-order valence-corrected chi connectivity index (χ4v) is 3.03. The van der Waals surface area contributed by atoms with Gasteiger partial charge in [0.2, 0.25) is 5.91 Å². The molecule has 3 N–H and O–H groups in total. The molecule has 1 atom stereocenters. The molecule has 1 amide bonds. The van der Waals surface area contributed by atoms with Crippen LogP contribution in [-0.2, 0) is 4.79 Å². The predicted molar refractivity (Wildman–Crippen MR) is 99.1 cm³/mol. The van der Waals surface area contributed by atoms with Crippen molar-refractivity contribution in [3.05, 3.63) is 0 Å². The van der Waals surface area contributed by atoms with Gasteiger partial charge in [0.05, 0.1) is 0 Å². The number of nitrogens with one attached hydrogen (secondary N) is 1. The van der Waals surface area contributed by atoms with Crippen LogP contribution in [0.5, 0.6) is 0 Å². The number of nitrogens with zero attached hydrogens (tertiary/aromatic N) is 1. The molecule has 0 aromatic heterocycles. The summed E-state index contributed by atoms with van der Waals surface area (Å²) < 4.78 is 0. The average Bonchev–Trinajstić information content (AvgIpc) is 2.47. The van der Waals surface area contributed by atoms with E-state index in [0.717, 1.165) is 51.4 Å². The number of amides is 1. The Labute approximate surface area is 148 Å². The lowest BCUT2D eigenvalue weighted by atomic mass is 10.0. The largest absolute Gasteiger partial charge is 0.355 e. The van der Waals surface area contributed by atoms with Crippen LogP contribution < -0.4 is 11.1 Å². The molecule has 1 aliphatic rings. The van der Waals surface area contributed by atoms with E-state index in [0.29, 0.717) is 6.42 Å². The Bertz CT molecular complexity index is 268. The highest BCUT2D eigenvalue weighted by molar-refractivity contribution is 5.85. The molecule has 0 saturated carbocycles. The van der Waals surface area contributed by atoms with Gasteiger partial charge in [0.25, 0.3) is 0 Å². The van der Waals surface area contributed by atoms with Gasteiger partial charge in [-0.1, -0.05) is 26.2 Å². The van der Waals surface area contributed by atoms with Crippen LogP contribution in [0.1, 0.15) is 64.7 Å². The molecule has 134 valence electrons. The highest BCUT2D eigenvalue weighted by atomic mass is 35.5. The summed E-state index contributed by atoms with van der Waals surface area (Å²) in [6.07, 6.45) is 10.2. The summed E-state index contributed by atoms with van der Waals surface area (Å²) >= 11 is 0. The van der Waals surface area contributed by atoms with Crippen molar-refractivity contribution < 1.29 is 4.79 Å². The zero-order chi connectivity index (χ0) is 14.6. The third-order valence-corrected chi connectivity index (χ3v) is 4.30. The number of hydrogen-bond donors (Lipinski definition) is 2. The van der Waals surface area contributed by atoms with E-state index < -0.39 is 0 Å². The number of carbonyl (C=O) groups is 1. The minimum Gasteiger partial charge on any atom is -0.355 e. The van der Waals surface area contributed by atoms with Crippen LogP contribution in [-0.4, -0.2) is 43.0 Å². The summed E-state index contributed by atoms with van der Waals surface area (Å²) in [6.45, 7) is 6.05. The molecule has 1 saturated heterocycles. The molecule has 0 aromatic carbocycles. The quantitative estimate of drug-likeness (QED) is 0.592. The molecule has 1 heterocycles. The molecule has 0 spiro atoms. The Kier molecular flexibility index (Phi) is 17.5. The first-order valence-corrected chi connectivity index (χ1v) is 8.48. The number of likely N-dealkylation sites (tertiary alicyclic amines) is 1. The lowest BCUT2D eigenvalue weighted by Crippen LogP contribution is -2.43. The molecule has 0 aliphatic carbocycles. The average molecular weight is 356 g/mol. The SMILES string of the molecule is CCC1CCCCN1CCNC(=O)CCCCCCN.Cl.Cl. The van der Waals surface area contributed by atoms with Gasteiger partial charge in [-0.05, 0) is 45.2 Å². The molecular formula is C16H35Cl2N3O. The van der Waals surface area contributed by atoms with Crippen molar-refractivity contribution in [3.63, 3.8) is 0 Å². The second-order valence-corrected chi connectivity index (χ2v) is 5.90. The molecule has 1 aliphatic heterocycles. The number of rotatable bonds is 10. The van der Waals surface area contributed by atoms with Gasteiger partial charge in [-0.25, -0.2) is 0 Å². The Hall–Kier alpha value is -0.0300. The van der Waals surface area contributed by atoms with E-state index in [4.69, 9.17) is 5.73 Å². The Morgan fingerprint density at radius 1 is 1.18 bits per heavy atom. The first-order valence-electron chi connectivity index (χ1n) is 8.48. The van der Waals surface area contributed by atoms with Gasteiger partial charge in [-0.3, -0.25) is 9.69 Å². The van der Waals surface area contributed by atoms with Gasteiger partial charge >= 0.3 is 0 Å². The number of hydrogen-bond acceptors (Lipinski definition) is 3. The lowest BCUT2D eigenvalue weighted by molar-refractivity contribution is -0.121. The highest BCUT2D eigenvalue weighted by Crippen LogP contribution is 2.18. The zero-order valence-electron chi connectivity index (χ0n) is 14.0. The number of unbranched alkanes of at least 4 members (excludes halogenated alkanes) is 3. The van der Waals surface area contributed by atoms with Gasteiger partial charge in [0.15, 0.2) is 0 Å². The van der Waals surface area contributed by atoms with Crippen molar-refractivity contribution in [2.75, 3.05) is 26.2 Å². The molecule has 0 aromatic rings. The molecule has 1 unspecified atom stereocenters. The van der Waals surface area contributed by atoms with Crippen molar-refractivity contribution in [1.82, 2.24) is 10.2 Å². The maximum atomic E-state index is 11.7. The summed E-state index contributed by atoms with van der Waals surface area (Å²) in [5.74, 6) is 0.211. The van der Waals surface area contributed by atoms with E-state index in [1.165, 1.54) is 32.2 Å². The molecule has 0 bridgehead atoms. The standard InChI is InChI=1S/C16H33N3O.2ClH/c1-2-15-9-6-8-13-19(15)14-12-18-16(20)10-5-3-4-7-11-17;;/h15H,2-14,17H2,1H3,(H,18,20);2*1H. The second kappa shape index (κ2) is 15.9. The molecule has 1 rings (SSSR count). The van der Waals surface area contributed by atoms with Crippen molar-refractivity contribution in [3.8, 4) is 0 Å². The fraction of sp³-hybridized carbons (Fsp3) is 0.938. The number of halogens is 2. The van der Waals surface area contributed by atoms with Gasteiger partial charge in [-0.2, -0.15) is 0 Å². The van der Waals surface area contributed by atoms with Crippen LogP contribution in [0, 0.1) is 0 Å². The lowest BCUT2D eigenvalue weighted by Gasteiger charge is -2.35. The van der Waals surface area contributed by atoms with E-state index >= 15 is 0 Å². The third kappa shape index (κ3) is 10.7. The number of carbonyl (C=O) groups excluding carboxylic acids is 1. The van der Waals surface area contributed by atoms with E-state index in [9.17, 15) is 4.79 Å². The maximum absolute atomic E-state index is 11.7. The first-order chi connectivity index (χ1) is 9.77. The molecule has 0 radical (unpaired) electrons. The van der Waals surface area contributed by atoms with Crippen LogP contribution in [0.2, 0.25) is 0 Å². The van der Waals surface area contributed by atoms with Crippen molar-refractivity contribution >= 4 is 30.7 Å². The smallest absolute Gasteiger partial charge is 0.220 e. The molecule has 1 fully saturated rings. The second-order valence-electron chi connectivity index (χ2n) is 5.90. The normalized spacial score (nSPS) is 18.2. The maximum Gasteiger partial charge on any atom is 0.220 e. The van der Waals surface area contributed by atoms with Crippen LogP contribution in [0.3, 0.4) is 0 Å². The van der Waals surface area contributed by atoms with Crippen LogP contribution >= 0.6 is 24.8 Å². The zero-order valence-corrected chi connectivity index (χ0v) is 15.7. The highest BCUT2D eigenvalue weighted by Gasteiger charge is 2.19. The monoisotopic (exact) mass is 355 g/mol. The molecular weight excluding hydrogens is 321 g/mol. The summed E-state index contributed by atoms with van der Waals surface area (Å²) in [5, 5.41) is 3.06. The molecule has 4 nitrogen and oxygen atoms in total. The van der Waals surface area contributed by atoms with Gasteiger partial charge in [-0.15, -0.1) is 24.8 Å². The minimum atomic E-state index is 0. The van der Waals surface area contributed by atoms with E-state index in [-0.39, 0.29) is 30.7 Å². The Morgan fingerprint density at radius 3 is 2.59 bits per heavy atom. The van der Waals surface area contributed by atoms with Crippen molar-refractivity contribution in [1.29, 1.82) is 0 Å². The summed E-state index contributed by atoms with van der Waals surface area (Å²) in [5.41, 5.74) is 5.45. The summed E-state index contributed by atoms with van der Waals surface area (Å²) in [6, 6.07) is 0.733. The molecule has 22 heavy (non-hydrogen) atoms. The van der Waals surface area contributed by atoms with Gasteiger partial charge in [0, 0.05) is 25.6 Å². The van der Waals surface area contributed by atoms with E-state index in [1.807, 2.05) is 0 Å². The van der Waals surface area contributed by atoms with Crippen LogP contribution in [0.15, 0.2) is 0 Å². The van der Waals surface area contributed by atoms with E-state index in [1.54, 1.807) is 0 Å². The Balaban J connectivity index is 0. The predicted octanol–water partition coefficient (Wildman–Crippen LogP) is 3.12. The fourth-order valence-electron chi connectivity index (χ4n) is 3.03. The summed E-state index contributed by atoms with van der Waals surface area (Å²) in [7, 11) is 0. The Morgan fingerprint density at radius 2 is 1.91 bits per heavy atom. The molecule has 6 heteroatoms. The van der Waals surface area contributed by atoms with Gasteiger partial charge < -0.3 is 11.1 Å². The summed E-state index contributed by atoms with van der Waals surface area (Å²) in [4.78, 5) is 14.3. The topological polar surface area (TPSA) is 58.4 Å². The van der Waals surface area contributed by atoms with Crippen molar-refractivity contribution in [2.45, 2.75) is 70.8 Å². The van der Waals surface area contributed by atoms with E-state index in [2.05, 4.69) is 17.1 Å². The third-order valence-electron chi connectivity index (χ3n) is 4.30. The number of nitrogens with two attached hydrogens (primary N) is 1.